The van der Waals surface area contributed by atoms with Gasteiger partial charge in [-0.3, -0.25) is 0 Å². The van der Waals surface area contributed by atoms with Crippen LogP contribution in [0.25, 0.3) is 0 Å². The Balaban J connectivity index is 2.39. The van der Waals surface area contributed by atoms with E-state index in [0.29, 0.717) is 5.69 Å². The molecule has 21 heavy (non-hydrogen) atoms. The maximum atomic E-state index is 12.7. The number of nitrogens with one attached hydrogen (secondary N) is 1. The Kier molecular flexibility index (Phi) is 4.24. The van der Waals surface area contributed by atoms with Gasteiger partial charge in [0.1, 0.15) is 0 Å². The molecule has 2 nitrogen and oxygen atoms in total. The summed E-state index contributed by atoms with van der Waals surface area (Å²) in [4.78, 5) is 0. The summed E-state index contributed by atoms with van der Waals surface area (Å²) < 4.78 is 39.0. The van der Waals surface area contributed by atoms with E-state index in [1.54, 1.807) is 6.07 Å². The van der Waals surface area contributed by atoms with Gasteiger partial charge in [0.2, 0.25) is 0 Å². The monoisotopic (exact) mass is 354 g/mol. The van der Waals surface area contributed by atoms with Gasteiger partial charge in [-0.2, -0.15) is 18.4 Å². The van der Waals surface area contributed by atoms with Crippen molar-refractivity contribution >= 4 is 27.3 Å². The van der Waals surface area contributed by atoms with Crippen LogP contribution in [0.1, 0.15) is 16.7 Å². The summed E-state index contributed by atoms with van der Waals surface area (Å²) in [6.45, 7) is 1.88. The number of nitrogens with zero attached hydrogens (tertiary/aromatic N) is 1. The van der Waals surface area contributed by atoms with Crippen molar-refractivity contribution in [1.29, 1.82) is 5.26 Å². The molecule has 0 aromatic heterocycles. The average Bonchev–Trinajstić information content (AvgIpc) is 2.41. The van der Waals surface area contributed by atoms with Crippen LogP contribution in [0, 0.1) is 18.3 Å². The first kappa shape index (κ1) is 15.4. The zero-order chi connectivity index (χ0) is 15.6. The fourth-order valence-electron chi connectivity index (χ4n) is 1.85. The summed E-state index contributed by atoms with van der Waals surface area (Å²) in [6, 6.07) is 10.6. The van der Waals surface area contributed by atoms with Crippen molar-refractivity contribution in [3.63, 3.8) is 0 Å². The van der Waals surface area contributed by atoms with E-state index in [1.165, 1.54) is 12.1 Å². The minimum atomic E-state index is -4.53. The molecule has 1 N–H and O–H groups in total. The van der Waals surface area contributed by atoms with Crippen LogP contribution in [-0.4, -0.2) is 0 Å². The maximum Gasteiger partial charge on any atom is 0.417 e. The molecule has 6 heteroatoms. The van der Waals surface area contributed by atoms with E-state index in [4.69, 9.17) is 5.26 Å². The Hall–Kier alpha value is -2.00. The zero-order valence-electron chi connectivity index (χ0n) is 10.9. The topological polar surface area (TPSA) is 35.8 Å². The van der Waals surface area contributed by atoms with Crippen molar-refractivity contribution in [3.8, 4) is 6.07 Å². The van der Waals surface area contributed by atoms with Crippen molar-refractivity contribution in [1.82, 2.24) is 0 Å². The normalized spacial score (nSPS) is 11.0. The zero-order valence-corrected chi connectivity index (χ0v) is 12.5. The summed E-state index contributed by atoms with van der Waals surface area (Å²) >= 11 is 3.33. The van der Waals surface area contributed by atoms with Crippen molar-refractivity contribution in [2.75, 3.05) is 5.32 Å². The van der Waals surface area contributed by atoms with Gasteiger partial charge in [0.15, 0.2) is 0 Å². The molecule has 2 aromatic rings. The first-order valence-electron chi connectivity index (χ1n) is 5.96. The lowest BCUT2D eigenvalue weighted by Crippen LogP contribution is -2.08. The number of alkyl halides is 3. The van der Waals surface area contributed by atoms with Gasteiger partial charge in [0.25, 0.3) is 0 Å². The van der Waals surface area contributed by atoms with Gasteiger partial charge in [0, 0.05) is 15.8 Å². The van der Waals surface area contributed by atoms with E-state index in [0.717, 1.165) is 21.8 Å². The summed E-state index contributed by atoms with van der Waals surface area (Å²) in [5, 5.41) is 11.9. The second-order valence-corrected chi connectivity index (χ2v) is 5.37. The molecule has 0 unspecified atom stereocenters. The highest BCUT2D eigenvalue weighted by Gasteiger charge is 2.33. The van der Waals surface area contributed by atoms with Gasteiger partial charge in [-0.05, 0) is 42.8 Å². The number of benzene rings is 2. The SMILES string of the molecule is Cc1ccc(Br)cc1Nc1ccc(C(F)(F)F)c(C#N)c1. The fraction of sp³-hybridized carbons (Fsp3) is 0.133. The number of rotatable bonds is 2. The Morgan fingerprint density at radius 1 is 1.14 bits per heavy atom. The number of nitriles is 1. The molecular formula is C15H10BrF3N2. The Bertz CT molecular complexity index is 718. The van der Waals surface area contributed by atoms with Crippen molar-refractivity contribution in [2.24, 2.45) is 0 Å². The van der Waals surface area contributed by atoms with E-state index in [9.17, 15) is 13.2 Å². The second-order valence-electron chi connectivity index (χ2n) is 4.45. The quantitative estimate of drug-likeness (QED) is 0.784. The standard InChI is InChI=1S/C15H10BrF3N2/c1-9-2-3-11(16)7-14(9)21-12-4-5-13(15(17,18)19)10(6-12)8-20/h2-7,21H,1H3. The summed E-state index contributed by atoms with van der Waals surface area (Å²) in [5.74, 6) is 0. The van der Waals surface area contributed by atoms with Gasteiger partial charge >= 0.3 is 6.18 Å². The molecule has 0 aliphatic carbocycles. The molecule has 0 spiro atoms. The minimum Gasteiger partial charge on any atom is -0.355 e. The first-order chi connectivity index (χ1) is 9.81. The molecule has 0 aliphatic rings. The summed E-state index contributed by atoms with van der Waals surface area (Å²) in [5.41, 5.74) is 0.798. The van der Waals surface area contributed by atoms with Crippen molar-refractivity contribution in [2.45, 2.75) is 13.1 Å². The lowest BCUT2D eigenvalue weighted by molar-refractivity contribution is -0.137. The smallest absolute Gasteiger partial charge is 0.355 e. The predicted molar refractivity (Wildman–Crippen MR) is 78.3 cm³/mol. The fourth-order valence-corrected chi connectivity index (χ4v) is 2.21. The van der Waals surface area contributed by atoms with E-state index in [-0.39, 0.29) is 0 Å². The molecule has 0 radical (unpaired) electrons. The highest BCUT2D eigenvalue weighted by atomic mass is 79.9. The van der Waals surface area contributed by atoms with Gasteiger partial charge in [0.05, 0.1) is 17.2 Å². The molecule has 0 fully saturated rings. The minimum absolute atomic E-state index is 0.403. The van der Waals surface area contributed by atoms with Crippen LogP contribution >= 0.6 is 15.9 Å². The number of hydrogen-bond donors (Lipinski definition) is 1. The second kappa shape index (κ2) is 5.78. The third kappa shape index (κ3) is 3.56. The van der Waals surface area contributed by atoms with Gasteiger partial charge in [-0.1, -0.05) is 22.0 Å². The number of hydrogen-bond acceptors (Lipinski definition) is 2. The molecule has 2 rings (SSSR count). The van der Waals surface area contributed by atoms with Crippen LogP contribution < -0.4 is 5.32 Å². The van der Waals surface area contributed by atoms with Gasteiger partial charge < -0.3 is 5.32 Å². The Morgan fingerprint density at radius 3 is 2.48 bits per heavy atom. The summed E-state index contributed by atoms with van der Waals surface area (Å²) in [7, 11) is 0. The Labute approximate surface area is 128 Å². The maximum absolute atomic E-state index is 12.7. The number of anilines is 2. The van der Waals surface area contributed by atoms with Gasteiger partial charge in [-0.15, -0.1) is 0 Å². The molecule has 108 valence electrons. The lowest BCUT2D eigenvalue weighted by Gasteiger charge is -2.13. The van der Waals surface area contributed by atoms with E-state index in [2.05, 4.69) is 21.2 Å². The van der Waals surface area contributed by atoms with Crippen molar-refractivity contribution in [3.05, 3.63) is 57.6 Å². The number of aryl methyl sites for hydroxylation is 1. The molecular weight excluding hydrogens is 345 g/mol. The van der Waals surface area contributed by atoms with E-state index >= 15 is 0 Å². The molecule has 0 bridgehead atoms. The molecule has 2 aromatic carbocycles. The first-order valence-corrected chi connectivity index (χ1v) is 6.75. The lowest BCUT2D eigenvalue weighted by atomic mass is 10.1. The predicted octanol–water partition coefficient (Wildman–Crippen LogP) is 5.39. The van der Waals surface area contributed by atoms with Crippen LogP contribution in [0.5, 0.6) is 0 Å². The third-order valence-electron chi connectivity index (χ3n) is 2.92. The third-order valence-corrected chi connectivity index (χ3v) is 3.42. The highest BCUT2D eigenvalue weighted by molar-refractivity contribution is 9.10. The van der Waals surface area contributed by atoms with Crippen LogP contribution in [-0.2, 0) is 6.18 Å². The largest absolute Gasteiger partial charge is 0.417 e. The number of halogens is 4. The van der Waals surface area contributed by atoms with Crippen LogP contribution in [0.3, 0.4) is 0 Å². The van der Waals surface area contributed by atoms with E-state index < -0.39 is 17.3 Å². The van der Waals surface area contributed by atoms with Crippen LogP contribution in [0.15, 0.2) is 40.9 Å². The van der Waals surface area contributed by atoms with E-state index in [1.807, 2.05) is 25.1 Å². The molecule has 0 atom stereocenters. The Morgan fingerprint density at radius 2 is 1.86 bits per heavy atom. The highest BCUT2D eigenvalue weighted by Crippen LogP contribution is 2.34. The molecule has 0 saturated heterocycles. The average molecular weight is 355 g/mol. The molecule has 0 heterocycles. The molecule has 0 aliphatic heterocycles. The van der Waals surface area contributed by atoms with Crippen molar-refractivity contribution < 1.29 is 13.2 Å². The summed E-state index contributed by atoms with van der Waals surface area (Å²) in [6.07, 6.45) is -4.53. The van der Waals surface area contributed by atoms with Crippen LogP contribution in [0.4, 0.5) is 24.5 Å². The van der Waals surface area contributed by atoms with Crippen LogP contribution in [0.2, 0.25) is 0 Å². The molecule has 0 amide bonds. The molecule has 0 saturated carbocycles. The van der Waals surface area contributed by atoms with Gasteiger partial charge in [-0.25, -0.2) is 0 Å².